The Bertz CT molecular complexity index is 894. The van der Waals surface area contributed by atoms with E-state index in [9.17, 15) is 9.59 Å². The van der Waals surface area contributed by atoms with Gasteiger partial charge in [0, 0.05) is 38.7 Å². The molecule has 0 radical (unpaired) electrons. The third-order valence-corrected chi connectivity index (χ3v) is 8.66. The Balaban J connectivity index is 1.79. The molecule has 2 amide bonds. The van der Waals surface area contributed by atoms with Crippen LogP contribution < -0.4 is 15.5 Å². The molecule has 206 valence electrons. The van der Waals surface area contributed by atoms with Gasteiger partial charge in [0.05, 0.1) is 11.2 Å². The van der Waals surface area contributed by atoms with Gasteiger partial charge in [-0.2, -0.15) is 0 Å². The lowest BCUT2D eigenvalue weighted by Gasteiger charge is -2.47. The molecule has 2 N–H and O–H groups in total. The molecule has 0 spiro atoms. The first kappa shape index (κ1) is 29.5. The highest BCUT2D eigenvalue weighted by atomic mass is 16.7. The summed E-state index contributed by atoms with van der Waals surface area (Å²) in [6.45, 7) is 13.2. The summed E-state index contributed by atoms with van der Waals surface area (Å²) in [7, 11) is 1.81. The lowest BCUT2D eigenvalue weighted by atomic mass is 9.65. The van der Waals surface area contributed by atoms with Crippen molar-refractivity contribution in [2.24, 2.45) is 11.8 Å². The number of rotatable bonds is 11. The largest absolute Gasteiger partial charge is 0.457 e. The standard InChI is InChI=1S/C29H48BN3O4/c1-8-9-19-31-26(35)29(32-22(2)34)20-23(17-18-30-36-27(3,4)28(5,6)37-30)15-16-24(29)21-33(7)25-13-11-10-12-14-25/h10-14,23-24H,8-9,15-21H2,1-7H3,(H,31,35)(H,32,34)/t23-,24-,29+/m0/s1. The van der Waals surface area contributed by atoms with E-state index in [1.807, 2.05) is 18.2 Å². The SMILES string of the molecule is CCCCNC(=O)[C@@]1(NC(C)=O)C[C@H](CCB2OC(C)(C)C(C)(C)O2)CC[C@H]1CN(C)c1ccccc1. The van der Waals surface area contributed by atoms with Crippen molar-refractivity contribution in [3.05, 3.63) is 30.3 Å². The van der Waals surface area contributed by atoms with Crippen molar-refractivity contribution in [3.63, 3.8) is 0 Å². The van der Waals surface area contributed by atoms with Gasteiger partial charge in [0.15, 0.2) is 0 Å². The maximum Gasteiger partial charge on any atom is 0.457 e. The first-order valence-electron chi connectivity index (χ1n) is 14.1. The van der Waals surface area contributed by atoms with Crippen LogP contribution in [0, 0.1) is 11.8 Å². The molecule has 1 aromatic rings. The van der Waals surface area contributed by atoms with Gasteiger partial charge in [-0.15, -0.1) is 0 Å². The Labute approximate surface area is 224 Å². The number of para-hydroxylation sites is 1. The number of hydrogen-bond acceptors (Lipinski definition) is 5. The van der Waals surface area contributed by atoms with Crippen molar-refractivity contribution in [2.45, 2.75) is 103 Å². The van der Waals surface area contributed by atoms with E-state index in [2.05, 4.69) is 69.3 Å². The summed E-state index contributed by atoms with van der Waals surface area (Å²) in [4.78, 5) is 28.6. The molecule has 0 bridgehead atoms. The molecule has 0 unspecified atom stereocenters. The third kappa shape index (κ3) is 7.08. The summed E-state index contributed by atoms with van der Waals surface area (Å²) in [5.74, 6) is 0.0740. The number of benzene rings is 1. The molecule has 2 fully saturated rings. The molecule has 1 saturated carbocycles. The highest BCUT2D eigenvalue weighted by molar-refractivity contribution is 6.45. The van der Waals surface area contributed by atoms with Crippen LogP contribution in [0.4, 0.5) is 5.69 Å². The minimum atomic E-state index is -0.943. The van der Waals surface area contributed by atoms with Crippen molar-refractivity contribution >= 4 is 24.6 Å². The zero-order valence-corrected chi connectivity index (χ0v) is 24.1. The van der Waals surface area contributed by atoms with Crippen LogP contribution in [-0.4, -0.2) is 55.8 Å². The number of nitrogens with zero attached hydrogens (tertiary/aromatic N) is 1. The van der Waals surface area contributed by atoms with Gasteiger partial charge in [0.2, 0.25) is 11.8 Å². The van der Waals surface area contributed by atoms with E-state index < -0.39 is 5.54 Å². The Morgan fingerprint density at radius 3 is 2.32 bits per heavy atom. The van der Waals surface area contributed by atoms with Crippen LogP contribution in [-0.2, 0) is 18.9 Å². The third-order valence-electron chi connectivity index (χ3n) is 8.66. The summed E-state index contributed by atoms with van der Waals surface area (Å²) in [6, 6.07) is 10.2. The molecule has 3 rings (SSSR count). The summed E-state index contributed by atoms with van der Waals surface area (Å²) < 4.78 is 12.5. The quantitative estimate of drug-likeness (QED) is 0.328. The highest BCUT2D eigenvalue weighted by Crippen LogP contribution is 2.43. The predicted molar refractivity (Wildman–Crippen MR) is 151 cm³/mol. The van der Waals surface area contributed by atoms with Crippen LogP contribution >= 0.6 is 0 Å². The summed E-state index contributed by atoms with van der Waals surface area (Å²) in [5, 5.41) is 6.33. The minimum absolute atomic E-state index is 0.00340. The lowest BCUT2D eigenvalue weighted by Crippen LogP contribution is -2.66. The van der Waals surface area contributed by atoms with Crippen molar-refractivity contribution in [1.29, 1.82) is 0 Å². The Kier molecular flexibility index (Phi) is 9.73. The van der Waals surface area contributed by atoms with E-state index in [1.165, 1.54) is 6.92 Å². The molecule has 1 heterocycles. The van der Waals surface area contributed by atoms with Crippen LogP contribution in [0.25, 0.3) is 0 Å². The van der Waals surface area contributed by atoms with Crippen molar-refractivity contribution < 1.29 is 18.9 Å². The number of carbonyl (C=O) groups excluding carboxylic acids is 2. The average Bonchev–Trinajstić information content (AvgIpc) is 3.05. The van der Waals surface area contributed by atoms with Gasteiger partial charge in [-0.1, -0.05) is 38.0 Å². The molecule has 8 heteroatoms. The van der Waals surface area contributed by atoms with Gasteiger partial charge in [-0.3, -0.25) is 9.59 Å². The number of nitrogens with one attached hydrogen (secondary N) is 2. The topological polar surface area (TPSA) is 79.9 Å². The predicted octanol–water partition coefficient (Wildman–Crippen LogP) is 4.81. The number of carbonyl (C=O) groups is 2. The smallest absolute Gasteiger partial charge is 0.403 e. The molecular weight excluding hydrogens is 465 g/mol. The van der Waals surface area contributed by atoms with Gasteiger partial charge in [0.1, 0.15) is 5.54 Å². The zero-order valence-electron chi connectivity index (χ0n) is 24.1. The van der Waals surface area contributed by atoms with E-state index >= 15 is 0 Å². The number of unbranched alkanes of at least 4 members (excludes halogenated alkanes) is 1. The molecule has 1 aliphatic carbocycles. The average molecular weight is 514 g/mol. The van der Waals surface area contributed by atoms with Gasteiger partial charge in [0.25, 0.3) is 0 Å². The molecule has 0 aromatic heterocycles. The Morgan fingerprint density at radius 2 is 1.73 bits per heavy atom. The maximum atomic E-state index is 13.8. The van der Waals surface area contributed by atoms with Crippen molar-refractivity contribution in [2.75, 3.05) is 25.0 Å². The normalized spacial score (nSPS) is 26.5. The minimum Gasteiger partial charge on any atom is -0.403 e. The van der Waals surface area contributed by atoms with Gasteiger partial charge < -0.3 is 24.8 Å². The Hall–Kier alpha value is -2.06. The van der Waals surface area contributed by atoms with Crippen LogP contribution in [0.2, 0.25) is 6.32 Å². The van der Waals surface area contributed by atoms with E-state index in [0.29, 0.717) is 25.4 Å². The summed E-state index contributed by atoms with van der Waals surface area (Å²) in [6.07, 6.45) is 6.09. The van der Waals surface area contributed by atoms with Gasteiger partial charge >= 0.3 is 7.12 Å². The summed E-state index contributed by atoms with van der Waals surface area (Å²) in [5.41, 5.74) is -0.539. The van der Waals surface area contributed by atoms with Gasteiger partial charge in [-0.25, -0.2) is 0 Å². The second kappa shape index (κ2) is 12.2. The van der Waals surface area contributed by atoms with E-state index in [1.54, 1.807) is 0 Å². The van der Waals surface area contributed by atoms with Crippen LogP contribution in [0.3, 0.4) is 0 Å². The first-order valence-corrected chi connectivity index (χ1v) is 14.1. The van der Waals surface area contributed by atoms with E-state index in [4.69, 9.17) is 9.31 Å². The Morgan fingerprint density at radius 1 is 1.08 bits per heavy atom. The number of amides is 2. The summed E-state index contributed by atoms with van der Waals surface area (Å²) >= 11 is 0. The fourth-order valence-corrected chi connectivity index (χ4v) is 5.81. The van der Waals surface area contributed by atoms with Crippen molar-refractivity contribution in [3.8, 4) is 0 Å². The molecule has 7 nitrogen and oxygen atoms in total. The fraction of sp³-hybridized carbons (Fsp3) is 0.724. The molecular formula is C29H48BN3O4. The number of anilines is 1. The molecule has 2 aliphatic rings. The maximum absolute atomic E-state index is 13.8. The second-order valence-corrected chi connectivity index (χ2v) is 12.1. The number of hydrogen-bond donors (Lipinski definition) is 2. The highest BCUT2D eigenvalue weighted by Gasteiger charge is 2.53. The first-order chi connectivity index (χ1) is 17.4. The second-order valence-electron chi connectivity index (χ2n) is 12.1. The van der Waals surface area contributed by atoms with Gasteiger partial charge in [-0.05, 0) is 77.7 Å². The van der Waals surface area contributed by atoms with E-state index in [0.717, 1.165) is 44.1 Å². The fourth-order valence-electron chi connectivity index (χ4n) is 5.81. The molecule has 1 saturated heterocycles. The van der Waals surface area contributed by atoms with Crippen LogP contribution in [0.15, 0.2) is 30.3 Å². The lowest BCUT2D eigenvalue weighted by molar-refractivity contribution is -0.138. The molecule has 1 aliphatic heterocycles. The zero-order chi connectivity index (χ0) is 27.3. The molecule has 3 atom stereocenters. The van der Waals surface area contributed by atoms with Crippen LogP contribution in [0.1, 0.15) is 80.1 Å². The molecule has 1 aromatic carbocycles. The van der Waals surface area contributed by atoms with E-state index in [-0.39, 0.29) is 36.1 Å². The van der Waals surface area contributed by atoms with Crippen molar-refractivity contribution in [1.82, 2.24) is 10.6 Å². The monoisotopic (exact) mass is 513 g/mol. The molecule has 37 heavy (non-hydrogen) atoms. The van der Waals surface area contributed by atoms with Crippen LogP contribution in [0.5, 0.6) is 0 Å².